The summed E-state index contributed by atoms with van der Waals surface area (Å²) >= 11 is 13.7. The molecule has 47 heavy (non-hydrogen) atoms. The highest BCUT2D eigenvalue weighted by Gasteiger charge is 2.42. The van der Waals surface area contributed by atoms with Crippen LogP contribution in [0.5, 0.6) is 11.5 Å². The summed E-state index contributed by atoms with van der Waals surface area (Å²) in [6, 6.07) is 17.9. The molecule has 2 heterocycles. The molecule has 7 rings (SSSR count). The summed E-state index contributed by atoms with van der Waals surface area (Å²) in [5.41, 5.74) is 7.07. The van der Waals surface area contributed by atoms with E-state index in [9.17, 15) is 10.1 Å². The Bertz CT molecular complexity index is 1930. The van der Waals surface area contributed by atoms with Gasteiger partial charge >= 0.3 is 0 Å². The fourth-order valence-corrected chi connectivity index (χ4v) is 7.24. The first-order chi connectivity index (χ1) is 22.7. The van der Waals surface area contributed by atoms with Crippen LogP contribution in [0.3, 0.4) is 0 Å². The average Bonchev–Trinajstić information content (AvgIpc) is 3.63. The molecule has 1 unspecified atom stereocenters. The Morgan fingerprint density at radius 2 is 1.89 bits per heavy atom. The highest BCUT2D eigenvalue weighted by Crippen LogP contribution is 2.45. The maximum absolute atomic E-state index is 13.4. The molecule has 242 valence electrons. The fourth-order valence-electron chi connectivity index (χ4n) is 6.73. The van der Waals surface area contributed by atoms with E-state index in [2.05, 4.69) is 45.8 Å². The Hall–Kier alpha value is -4.07. The molecular weight excluding hydrogens is 635 g/mol. The Balaban J connectivity index is 1.11. The van der Waals surface area contributed by atoms with Gasteiger partial charge in [-0.05, 0) is 61.6 Å². The standard InChI is InChI=1S/C36H36Cl2N6O3/c1-43-15-12-29-28(19-43)41-34(44(29)2)35(45)42-27-9-5-8-25(33(27)38)22-6-4-7-24-23(22)10-11-30(24)47-32-17-31(46-3)21(16-26(32)37)18-40-36(20-39)13-14-36/h4-9,16-17,30,40H,10-15,18-19H2,1-3H3,(H,42,45). The molecule has 0 radical (unpaired) electrons. The quantitative estimate of drug-likeness (QED) is 0.201. The van der Waals surface area contributed by atoms with Crippen LogP contribution in [0.2, 0.25) is 10.0 Å². The van der Waals surface area contributed by atoms with E-state index in [-0.39, 0.29) is 12.0 Å². The van der Waals surface area contributed by atoms with Gasteiger partial charge in [-0.1, -0.05) is 53.5 Å². The van der Waals surface area contributed by atoms with Crippen molar-refractivity contribution < 1.29 is 14.3 Å². The molecule has 3 aliphatic rings. The lowest BCUT2D eigenvalue weighted by atomic mass is 9.96. The van der Waals surface area contributed by atoms with Crippen LogP contribution in [0.15, 0.2) is 48.5 Å². The molecule has 11 heteroatoms. The van der Waals surface area contributed by atoms with E-state index in [1.165, 1.54) is 0 Å². The van der Waals surface area contributed by atoms with Crippen LogP contribution in [0.4, 0.5) is 5.69 Å². The second-order valence-electron chi connectivity index (χ2n) is 12.7. The number of amides is 1. The monoisotopic (exact) mass is 670 g/mol. The summed E-state index contributed by atoms with van der Waals surface area (Å²) in [5.74, 6) is 1.28. The maximum atomic E-state index is 13.4. The molecule has 0 spiro atoms. The molecule has 1 aliphatic heterocycles. The highest BCUT2D eigenvalue weighted by atomic mass is 35.5. The van der Waals surface area contributed by atoms with Gasteiger partial charge in [0.15, 0.2) is 5.82 Å². The molecule has 0 bridgehead atoms. The van der Waals surface area contributed by atoms with Crippen LogP contribution in [-0.2, 0) is 33.0 Å². The first kappa shape index (κ1) is 31.5. The molecule has 2 aliphatic carbocycles. The number of hydrogen-bond acceptors (Lipinski definition) is 7. The molecule has 1 aromatic heterocycles. The zero-order chi connectivity index (χ0) is 32.9. The van der Waals surface area contributed by atoms with E-state index in [4.69, 9.17) is 32.7 Å². The minimum atomic E-state index is -0.443. The minimum absolute atomic E-state index is 0.209. The lowest BCUT2D eigenvalue weighted by Crippen LogP contribution is -2.28. The third kappa shape index (κ3) is 5.96. The van der Waals surface area contributed by atoms with Crippen LogP contribution in [0.25, 0.3) is 11.1 Å². The first-order valence-electron chi connectivity index (χ1n) is 15.8. The Labute approximate surface area is 284 Å². The summed E-state index contributed by atoms with van der Waals surface area (Å²) in [6.07, 6.45) is 3.90. The third-order valence-corrected chi connectivity index (χ3v) is 10.3. The predicted molar refractivity (Wildman–Crippen MR) is 182 cm³/mol. The number of carbonyl (C=O) groups is 1. The Kier molecular flexibility index (Phi) is 8.39. The average molecular weight is 672 g/mol. The van der Waals surface area contributed by atoms with Gasteiger partial charge < -0.3 is 24.3 Å². The number of methoxy groups -OCH3 is 1. The molecule has 3 aromatic carbocycles. The molecule has 1 fully saturated rings. The Morgan fingerprint density at radius 1 is 1.11 bits per heavy atom. The molecule has 1 saturated carbocycles. The van der Waals surface area contributed by atoms with Crippen LogP contribution in [-0.4, -0.2) is 46.6 Å². The van der Waals surface area contributed by atoms with Gasteiger partial charge in [-0.2, -0.15) is 5.26 Å². The third-order valence-electron chi connectivity index (χ3n) is 9.59. The van der Waals surface area contributed by atoms with E-state index >= 15 is 0 Å². The number of likely N-dealkylation sites (N-methyl/N-ethyl adjacent to an activating group) is 1. The van der Waals surface area contributed by atoms with Crippen molar-refractivity contribution in [2.45, 2.75) is 56.8 Å². The van der Waals surface area contributed by atoms with E-state index in [0.29, 0.717) is 39.6 Å². The van der Waals surface area contributed by atoms with Crippen molar-refractivity contribution >= 4 is 34.8 Å². The normalized spacial score (nSPS) is 17.8. The van der Waals surface area contributed by atoms with Crippen LogP contribution >= 0.6 is 23.2 Å². The summed E-state index contributed by atoms with van der Waals surface area (Å²) in [4.78, 5) is 20.3. The summed E-state index contributed by atoms with van der Waals surface area (Å²) in [6.45, 7) is 2.14. The van der Waals surface area contributed by atoms with Crippen molar-refractivity contribution in [3.63, 3.8) is 0 Å². The zero-order valence-electron chi connectivity index (χ0n) is 26.6. The van der Waals surface area contributed by atoms with Crippen molar-refractivity contribution in [3.05, 3.63) is 92.5 Å². The topological polar surface area (TPSA) is 104 Å². The largest absolute Gasteiger partial charge is 0.496 e. The van der Waals surface area contributed by atoms with Gasteiger partial charge in [0, 0.05) is 56.0 Å². The van der Waals surface area contributed by atoms with Crippen LogP contribution < -0.4 is 20.1 Å². The molecule has 2 N–H and O–H groups in total. The number of fused-ring (bicyclic) bond motifs is 2. The SMILES string of the molecule is COc1cc(OC2CCc3c(-c4cccc(NC(=O)c5nc6c(n5C)CCN(C)C6)c4Cl)cccc32)c(Cl)cc1CNC1(C#N)CC1. The predicted octanol–water partition coefficient (Wildman–Crippen LogP) is 6.85. The van der Waals surface area contributed by atoms with Crippen molar-refractivity contribution in [3.8, 4) is 28.7 Å². The number of imidazole rings is 1. The van der Waals surface area contributed by atoms with Gasteiger partial charge in [-0.3, -0.25) is 10.1 Å². The highest BCUT2D eigenvalue weighted by molar-refractivity contribution is 6.36. The number of ether oxygens (including phenoxy) is 2. The number of anilines is 1. The van der Waals surface area contributed by atoms with Gasteiger partial charge in [0.1, 0.15) is 23.1 Å². The van der Waals surface area contributed by atoms with E-state index in [0.717, 1.165) is 84.4 Å². The number of rotatable bonds is 9. The van der Waals surface area contributed by atoms with E-state index in [1.54, 1.807) is 7.11 Å². The summed E-state index contributed by atoms with van der Waals surface area (Å²) < 4.78 is 14.1. The molecule has 4 aromatic rings. The summed E-state index contributed by atoms with van der Waals surface area (Å²) in [7, 11) is 5.57. The second kappa shape index (κ2) is 12.5. The number of nitrogens with one attached hydrogen (secondary N) is 2. The number of hydrogen-bond donors (Lipinski definition) is 2. The lowest BCUT2D eigenvalue weighted by Gasteiger charge is -2.21. The van der Waals surface area contributed by atoms with Crippen molar-refractivity contribution in [2.24, 2.45) is 7.05 Å². The van der Waals surface area contributed by atoms with Crippen LogP contribution in [0, 0.1) is 11.3 Å². The van der Waals surface area contributed by atoms with Gasteiger partial charge in [-0.15, -0.1) is 0 Å². The molecule has 1 amide bonds. The fraction of sp³-hybridized carbons (Fsp3) is 0.361. The van der Waals surface area contributed by atoms with E-state index < -0.39 is 5.54 Å². The molecule has 1 atom stereocenters. The Morgan fingerprint density at radius 3 is 2.66 bits per heavy atom. The smallest absolute Gasteiger partial charge is 0.291 e. The van der Waals surface area contributed by atoms with Crippen molar-refractivity contribution in [2.75, 3.05) is 26.0 Å². The van der Waals surface area contributed by atoms with Crippen LogP contribution in [0.1, 0.15) is 64.1 Å². The van der Waals surface area contributed by atoms with Gasteiger partial charge in [0.2, 0.25) is 0 Å². The number of nitriles is 1. The molecule has 9 nitrogen and oxygen atoms in total. The van der Waals surface area contributed by atoms with Gasteiger partial charge in [-0.25, -0.2) is 4.98 Å². The first-order valence-corrected chi connectivity index (χ1v) is 16.6. The van der Waals surface area contributed by atoms with E-state index in [1.807, 2.05) is 48.0 Å². The number of nitrogens with zero attached hydrogens (tertiary/aromatic N) is 4. The zero-order valence-corrected chi connectivity index (χ0v) is 28.1. The van der Waals surface area contributed by atoms with Gasteiger partial charge in [0.05, 0.1) is 34.6 Å². The number of aromatic nitrogens is 2. The van der Waals surface area contributed by atoms with Crippen molar-refractivity contribution in [1.29, 1.82) is 5.26 Å². The van der Waals surface area contributed by atoms with Crippen molar-refractivity contribution in [1.82, 2.24) is 19.8 Å². The number of carbonyl (C=O) groups excluding carboxylic acids is 1. The molecular formula is C36H36Cl2N6O3. The maximum Gasteiger partial charge on any atom is 0.291 e. The van der Waals surface area contributed by atoms with Gasteiger partial charge in [0.25, 0.3) is 5.91 Å². The molecule has 0 saturated heterocycles. The summed E-state index contributed by atoms with van der Waals surface area (Å²) in [5, 5.41) is 16.7. The lowest BCUT2D eigenvalue weighted by molar-refractivity contribution is 0.101. The number of halogens is 2. The second-order valence-corrected chi connectivity index (χ2v) is 13.4. The minimum Gasteiger partial charge on any atom is -0.496 e. The number of benzene rings is 3.